The number of pyridine rings is 1. The van der Waals surface area contributed by atoms with Crippen LogP contribution in [-0.2, 0) is 19.5 Å². The van der Waals surface area contributed by atoms with Gasteiger partial charge in [-0.1, -0.05) is 6.07 Å². The van der Waals surface area contributed by atoms with Gasteiger partial charge in [0.05, 0.1) is 18.5 Å². The molecule has 2 aromatic heterocycles. The van der Waals surface area contributed by atoms with E-state index in [4.69, 9.17) is 9.72 Å². The Kier molecular flexibility index (Phi) is 4.47. The van der Waals surface area contributed by atoms with Gasteiger partial charge in [0.2, 0.25) is 0 Å². The summed E-state index contributed by atoms with van der Waals surface area (Å²) < 4.78 is 5.43. The number of rotatable bonds is 4. The number of H-pyrrole nitrogens is 1. The Morgan fingerprint density at radius 2 is 2.08 bits per heavy atom. The van der Waals surface area contributed by atoms with Gasteiger partial charge < -0.3 is 9.72 Å². The monoisotopic (exact) mass is 348 g/mol. The number of hydrogen-bond donors (Lipinski definition) is 1. The maximum Gasteiger partial charge on any atom is 0.139 e. The molecule has 1 aromatic carbocycles. The van der Waals surface area contributed by atoms with Gasteiger partial charge in [-0.05, 0) is 48.7 Å². The SMILES string of the molecule is COc1ccc(CN2CCc3nc(-c4cccnc4)[nH]c3C2)c(C)c1C. The van der Waals surface area contributed by atoms with Crippen molar-refractivity contribution in [1.82, 2.24) is 19.9 Å². The number of ether oxygens (including phenoxy) is 1. The number of imidazole rings is 1. The molecule has 1 aliphatic heterocycles. The summed E-state index contributed by atoms with van der Waals surface area (Å²) in [4.78, 5) is 14.9. The van der Waals surface area contributed by atoms with Crippen LogP contribution in [0.4, 0.5) is 0 Å². The van der Waals surface area contributed by atoms with E-state index < -0.39 is 0 Å². The molecule has 3 aromatic rings. The fourth-order valence-corrected chi connectivity index (χ4v) is 3.61. The van der Waals surface area contributed by atoms with Crippen LogP contribution in [0.3, 0.4) is 0 Å². The highest BCUT2D eigenvalue weighted by Gasteiger charge is 2.21. The van der Waals surface area contributed by atoms with Gasteiger partial charge in [0.25, 0.3) is 0 Å². The molecule has 0 radical (unpaired) electrons. The minimum Gasteiger partial charge on any atom is -0.496 e. The van der Waals surface area contributed by atoms with E-state index in [1.807, 2.05) is 18.3 Å². The second-order valence-corrected chi connectivity index (χ2v) is 6.89. The maximum absolute atomic E-state index is 5.43. The first-order valence-electron chi connectivity index (χ1n) is 8.99. The zero-order chi connectivity index (χ0) is 18.1. The van der Waals surface area contributed by atoms with Crippen LogP contribution in [0, 0.1) is 13.8 Å². The first-order chi connectivity index (χ1) is 12.7. The Hall–Kier alpha value is -2.66. The molecule has 0 fully saturated rings. The summed E-state index contributed by atoms with van der Waals surface area (Å²) >= 11 is 0. The molecule has 0 spiro atoms. The summed E-state index contributed by atoms with van der Waals surface area (Å²) in [6.07, 6.45) is 4.61. The number of benzene rings is 1. The van der Waals surface area contributed by atoms with E-state index in [0.717, 1.165) is 43.2 Å². The molecule has 0 amide bonds. The number of fused-ring (bicyclic) bond motifs is 1. The summed E-state index contributed by atoms with van der Waals surface area (Å²) in [5.74, 6) is 1.88. The lowest BCUT2D eigenvalue weighted by molar-refractivity contribution is 0.241. The molecule has 0 saturated heterocycles. The summed E-state index contributed by atoms with van der Waals surface area (Å²) in [5.41, 5.74) is 7.34. The van der Waals surface area contributed by atoms with Crippen molar-refractivity contribution in [1.29, 1.82) is 0 Å². The molecule has 0 bridgehead atoms. The van der Waals surface area contributed by atoms with Crippen LogP contribution in [0.2, 0.25) is 0 Å². The topological polar surface area (TPSA) is 54.0 Å². The molecule has 5 heteroatoms. The summed E-state index contributed by atoms with van der Waals surface area (Å²) in [5, 5.41) is 0. The largest absolute Gasteiger partial charge is 0.496 e. The third kappa shape index (κ3) is 3.10. The van der Waals surface area contributed by atoms with Crippen molar-refractivity contribution in [2.24, 2.45) is 0 Å². The van der Waals surface area contributed by atoms with Gasteiger partial charge in [0, 0.05) is 44.0 Å². The minimum atomic E-state index is 0.896. The lowest BCUT2D eigenvalue weighted by atomic mass is 10.0. The van der Waals surface area contributed by atoms with E-state index in [2.05, 4.69) is 40.8 Å². The number of nitrogens with zero attached hydrogens (tertiary/aromatic N) is 3. The minimum absolute atomic E-state index is 0.896. The Balaban J connectivity index is 1.53. The van der Waals surface area contributed by atoms with Gasteiger partial charge in [-0.2, -0.15) is 0 Å². The van der Waals surface area contributed by atoms with Crippen LogP contribution in [0.1, 0.15) is 28.1 Å². The fraction of sp³-hybridized carbons (Fsp3) is 0.333. The quantitative estimate of drug-likeness (QED) is 0.782. The fourth-order valence-electron chi connectivity index (χ4n) is 3.61. The summed E-state index contributed by atoms with van der Waals surface area (Å²) in [6, 6.07) is 8.24. The smallest absolute Gasteiger partial charge is 0.139 e. The van der Waals surface area contributed by atoms with Gasteiger partial charge in [-0.25, -0.2) is 4.98 Å². The van der Waals surface area contributed by atoms with Crippen molar-refractivity contribution >= 4 is 0 Å². The first-order valence-corrected chi connectivity index (χ1v) is 8.99. The molecule has 1 aliphatic rings. The van der Waals surface area contributed by atoms with E-state index in [1.165, 1.54) is 28.1 Å². The van der Waals surface area contributed by atoms with Crippen LogP contribution in [-0.4, -0.2) is 33.5 Å². The van der Waals surface area contributed by atoms with Gasteiger partial charge >= 0.3 is 0 Å². The lowest BCUT2D eigenvalue weighted by Gasteiger charge is -2.27. The van der Waals surface area contributed by atoms with E-state index in [1.54, 1.807) is 13.3 Å². The number of aromatic amines is 1. The molecule has 26 heavy (non-hydrogen) atoms. The zero-order valence-corrected chi connectivity index (χ0v) is 15.5. The highest BCUT2D eigenvalue weighted by molar-refractivity contribution is 5.54. The number of methoxy groups -OCH3 is 1. The van der Waals surface area contributed by atoms with Crippen molar-refractivity contribution in [3.63, 3.8) is 0 Å². The second-order valence-electron chi connectivity index (χ2n) is 6.89. The molecular formula is C21H24N4O. The predicted molar refractivity (Wildman–Crippen MR) is 102 cm³/mol. The zero-order valence-electron chi connectivity index (χ0n) is 15.5. The van der Waals surface area contributed by atoms with Gasteiger partial charge in [0.15, 0.2) is 0 Å². The lowest BCUT2D eigenvalue weighted by Crippen LogP contribution is -2.30. The molecule has 134 valence electrons. The standard InChI is InChI=1S/C21H24N4O/c1-14-15(2)20(26-3)7-6-17(14)12-25-10-8-18-19(13-25)24-21(23-18)16-5-4-9-22-11-16/h4-7,9,11H,8,10,12-13H2,1-3H3,(H,23,24). The predicted octanol–water partition coefficient (Wildman–Crippen LogP) is 3.66. The second kappa shape index (κ2) is 6.92. The van der Waals surface area contributed by atoms with E-state index in [-0.39, 0.29) is 0 Å². The molecule has 1 N–H and O–H groups in total. The van der Waals surface area contributed by atoms with E-state index >= 15 is 0 Å². The normalized spacial score (nSPS) is 14.3. The molecule has 0 unspecified atom stereocenters. The molecular weight excluding hydrogens is 324 g/mol. The van der Waals surface area contributed by atoms with E-state index in [0.29, 0.717) is 0 Å². The highest BCUT2D eigenvalue weighted by Crippen LogP contribution is 2.27. The summed E-state index contributed by atoms with van der Waals surface area (Å²) in [7, 11) is 1.73. The average molecular weight is 348 g/mol. The molecule has 0 saturated carbocycles. The van der Waals surface area contributed by atoms with Crippen molar-refractivity contribution in [2.75, 3.05) is 13.7 Å². The van der Waals surface area contributed by atoms with E-state index in [9.17, 15) is 0 Å². The molecule has 3 heterocycles. The van der Waals surface area contributed by atoms with Crippen molar-refractivity contribution in [2.45, 2.75) is 33.4 Å². The number of nitrogens with one attached hydrogen (secondary N) is 1. The third-order valence-corrected chi connectivity index (χ3v) is 5.31. The van der Waals surface area contributed by atoms with Gasteiger partial charge in [0.1, 0.15) is 11.6 Å². The number of aromatic nitrogens is 3. The maximum atomic E-state index is 5.43. The van der Waals surface area contributed by atoms with Crippen molar-refractivity contribution in [3.8, 4) is 17.1 Å². The first kappa shape index (κ1) is 16.8. The Morgan fingerprint density at radius 1 is 1.19 bits per heavy atom. The average Bonchev–Trinajstić information content (AvgIpc) is 3.10. The van der Waals surface area contributed by atoms with Gasteiger partial charge in [-0.3, -0.25) is 9.88 Å². The molecule has 0 atom stereocenters. The van der Waals surface area contributed by atoms with Crippen LogP contribution in [0.25, 0.3) is 11.4 Å². The van der Waals surface area contributed by atoms with Crippen LogP contribution in [0.5, 0.6) is 5.75 Å². The Bertz CT molecular complexity index is 917. The molecule has 4 rings (SSSR count). The van der Waals surface area contributed by atoms with Crippen molar-refractivity contribution in [3.05, 3.63) is 64.7 Å². The van der Waals surface area contributed by atoms with Crippen LogP contribution in [0.15, 0.2) is 36.7 Å². The molecule has 5 nitrogen and oxygen atoms in total. The third-order valence-electron chi connectivity index (χ3n) is 5.31. The Morgan fingerprint density at radius 3 is 2.85 bits per heavy atom. The summed E-state index contributed by atoms with van der Waals surface area (Å²) in [6.45, 7) is 7.17. The molecule has 0 aliphatic carbocycles. The van der Waals surface area contributed by atoms with Crippen LogP contribution >= 0.6 is 0 Å². The Labute approximate surface area is 154 Å². The number of hydrogen-bond acceptors (Lipinski definition) is 4. The van der Waals surface area contributed by atoms with Gasteiger partial charge in [-0.15, -0.1) is 0 Å². The van der Waals surface area contributed by atoms with Crippen LogP contribution < -0.4 is 4.74 Å². The highest BCUT2D eigenvalue weighted by atomic mass is 16.5. The van der Waals surface area contributed by atoms with Crippen molar-refractivity contribution < 1.29 is 4.74 Å².